The summed E-state index contributed by atoms with van der Waals surface area (Å²) >= 11 is 12.5. The monoisotopic (exact) mass is 583 g/mol. The number of aromatic nitrogens is 4. The van der Waals surface area contributed by atoms with Crippen LogP contribution in [0, 0.1) is 24.7 Å². The van der Waals surface area contributed by atoms with Gasteiger partial charge in [-0.25, -0.2) is 9.97 Å². The minimum Gasteiger partial charge on any atom is -0.485 e. The summed E-state index contributed by atoms with van der Waals surface area (Å²) in [7, 11) is 0. The molecule has 3 aliphatic rings. The number of likely N-dealkylation sites (tertiary alicyclic amines) is 1. The van der Waals surface area contributed by atoms with Gasteiger partial charge in [0.25, 0.3) is 0 Å². The topological polar surface area (TPSA) is 107 Å². The van der Waals surface area contributed by atoms with Gasteiger partial charge in [-0.2, -0.15) is 5.10 Å². The van der Waals surface area contributed by atoms with Crippen molar-refractivity contribution in [2.75, 3.05) is 0 Å². The number of hydrogen-bond donors (Lipinski definition) is 0. The van der Waals surface area contributed by atoms with Crippen molar-refractivity contribution in [1.82, 2.24) is 24.6 Å². The average molecular weight is 585 g/mol. The molecule has 40 heavy (non-hydrogen) atoms. The molecule has 0 N–H and O–H groups in total. The molecule has 1 aliphatic heterocycles. The number of halogens is 2. The van der Waals surface area contributed by atoms with Gasteiger partial charge in [0.05, 0.1) is 11.6 Å². The first kappa shape index (κ1) is 27.1. The van der Waals surface area contributed by atoms with Crippen molar-refractivity contribution >= 4 is 51.6 Å². The standard InChI is InChI=1S/C29H31Cl2N5O4/c1-15(20-12-29(20,30)31)8-24(38)23-10-18-9-21(18)36(23)27(39)13-35-22-7-16(2)25(11-19(22)28(34-35)17(3)37)40-14-26-32-5-4-6-33-26/h4-7,11,15,18,20-21,23H,8-10,12-14H2,1-3H3/t15-,18+,20+,21+,23-/m0/s1. The molecule has 6 rings (SSSR count). The smallest absolute Gasteiger partial charge is 0.245 e. The van der Waals surface area contributed by atoms with Crippen LogP contribution >= 0.6 is 23.2 Å². The van der Waals surface area contributed by atoms with Crippen LogP contribution < -0.4 is 4.74 Å². The fourth-order valence-electron chi connectivity index (χ4n) is 6.15. The summed E-state index contributed by atoms with van der Waals surface area (Å²) < 4.78 is 6.80. The Morgan fingerprint density at radius 3 is 2.58 bits per heavy atom. The Morgan fingerprint density at radius 1 is 1.18 bits per heavy atom. The van der Waals surface area contributed by atoms with Gasteiger partial charge in [-0.3, -0.25) is 19.1 Å². The summed E-state index contributed by atoms with van der Waals surface area (Å²) in [5, 5.41) is 5.14. The van der Waals surface area contributed by atoms with Gasteiger partial charge in [0, 0.05) is 37.2 Å². The van der Waals surface area contributed by atoms with E-state index in [1.54, 1.807) is 34.1 Å². The summed E-state index contributed by atoms with van der Waals surface area (Å²) in [5.41, 5.74) is 1.76. The maximum absolute atomic E-state index is 13.7. The lowest BCUT2D eigenvalue weighted by Gasteiger charge is -2.28. The zero-order valence-corrected chi connectivity index (χ0v) is 24.2. The zero-order chi connectivity index (χ0) is 28.3. The fourth-order valence-corrected chi connectivity index (χ4v) is 6.91. The van der Waals surface area contributed by atoms with Crippen molar-refractivity contribution < 1.29 is 19.1 Å². The Kier molecular flexibility index (Phi) is 6.86. The zero-order valence-electron chi connectivity index (χ0n) is 22.6. The van der Waals surface area contributed by atoms with Crippen molar-refractivity contribution in [1.29, 1.82) is 0 Å². The van der Waals surface area contributed by atoms with Gasteiger partial charge in [0.15, 0.2) is 17.4 Å². The van der Waals surface area contributed by atoms with Gasteiger partial charge in [-0.05, 0) is 67.7 Å². The maximum Gasteiger partial charge on any atom is 0.245 e. The number of amides is 1. The minimum absolute atomic E-state index is 0.0566. The third kappa shape index (κ3) is 5.09. The van der Waals surface area contributed by atoms with Crippen LogP contribution in [0.4, 0.5) is 0 Å². The fraction of sp³-hybridized carbons (Fsp3) is 0.517. The molecule has 0 bridgehead atoms. The quantitative estimate of drug-likeness (QED) is 0.251. The van der Waals surface area contributed by atoms with Crippen LogP contribution in [0.25, 0.3) is 10.9 Å². The molecule has 0 radical (unpaired) electrons. The predicted molar refractivity (Wildman–Crippen MR) is 149 cm³/mol. The minimum atomic E-state index is -0.735. The van der Waals surface area contributed by atoms with E-state index in [0.717, 1.165) is 12.0 Å². The van der Waals surface area contributed by atoms with Crippen molar-refractivity contribution in [2.45, 2.75) is 76.0 Å². The van der Waals surface area contributed by atoms with E-state index in [4.69, 9.17) is 27.9 Å². The third-order valence-corrected chi connectivity index (χ3v) is 9.36. The van der Waals surface area contributed by atoms with Gasteiger partial charge in [0.1, 0.15) is 28.9 Å². The molecule has 0 spiro atoms. The molecular formula is C29H31Cl2N5O4. The number of hydrogen-bond acceptors (Lipinski definition) is 7. The van der Waals surface area contributed by atoms with Gasteiger partial charge in [-0.15, -0.1) is 23.2 Å². The number of ether oxygens (including phenoxy) is 1. The van der Waals surface area contributed by atoms with Crippen LogP contribution in [-0.4, -0.2) is 58.5 Å². The predicted octanol–water partition coefficient (Wildman–Crippen LogP) is 4.69. The molecule has 11 heteroatoms. The van der Waals surface area contributed by atoms with Crippen molar-refractivity contribution in [3.05, 3.63) is 47.7 Å². The molecule has 9 nitrogen and oxygen atoms in total. The van der Waals surface area contributed by atoms with Crippen LogP contribution in [0.3, 0.4) is 0 Å². The molecule has 1 amide bonds. The van der Waals surface area contributed by atoms with Crippen molar-refractivity contribution in [3.8, 4) is 5.75 Å². The third-order valence-electron chi connectivity index (χ3n) is 8.49. The second-order valence-electron chi connectivity index (χ2n) is 11.5. The Labute approximate surface area is 242 Å². The molecule has 210 valence electrons. The number of carbonyl (C=O) groups is 3. The van der Waals surface area contributed by atoms with Crippen LogP contribution in [0.15, 0.2) is 30.6 Å². The number of rotatable bonds is 10. The molecule has 3 aromatic rings. The molecule has 5 atom stereocenters. The summed E-state index contributed by atoms with van der Waals surface area (Å²) in [6.07, 6.45) is 5.97. The molecule has 1 aromatic carbocycles. The van der Waals surface area contributed by atoms with Crippen LogP contribution in [0.5, 0.6) is 5.75 Å². The Hall–Kier alpha value is -3.04. The van der Waals surface area contributed by atoms with Crippen LogP contribution in [0.2, 0.25) is 0 Å². The van der Waals surface area contributed by atoms with E-state index in [0.29, 0.717) is 47.7 Å². The number of ketones is 2. The molecule has 2 saturated carbocycles. The summed E-state index contributed by atoms with van der Waals surface area (Å²) in [4.78, 5) is 49.6. The lowest BCUT2D eigenvalue weighted by Crippen LogP contribution is -2.45. The van der Waals surface area contributed by atoms with Crippen molar-refractivity contribution in [2.24, 2.45) is 17.8 Å². The number of piperidine rings is 1. The molecule has 2 aromatic heterocycles. The Bertz CT molecular complexity index is 1510. The average Bonchev–Trinajstić information content (AvgIpc) is 3.73. The van der Waals surface area contributed by atoms with E-state index in [9.17, 15) is 14.4 Å². The lowest BCUT2D eigenvalue weighted by atomic mass is 9.94. The SMILES string of the molecule is CC(=O)c1nn(CC(=O)N2[C@@H]3C[C@@H]3C[C@H]2C(=O)C[C@H](C)[C@H]2CC2(Cl)Cl)c2cc(C)c(OCc3ncccn3)cc12. The second kappa shape index (κ2) is 10.1. The first-order chi connectivity index (χ1) is 19.0. The van der Waals surface area contributed by atoms with Gasteiger partial charge < -0.3 is 9.64 Å². The highest BCUT2D eigenvalue weighted by molar-refractivity contribution is 6.50. The highest BCUT2D eigenvalue weighted by atomic mass is 35.5. The van der Waals surface area contributed by atoms with E-state index in [-0.39, 0.29) is 54.2 Å². The largest absolute Gasteiger partial charge is 0.485 e. The Morgan fingerprint density at radius 2 is 1.90 bits per heavy atom. The van der Waals surface area contributed by atoms with Gasteiger partial charge in [-0.1, -0.05) is 6.92 Å². The summed E-state index contributed by atoms with van der Waals surface area (Å²) in [5.74, 6) is 1.37. The molecular weight excluding hydrogens is 553 g/mol. The molecule has 3 fully saturated rings. The second-order valence-corrected chi connectivity index (χ2v) is 13.0. The number of benzene rings is 1. The number of nitrogens with zero attached hydrogens (tertiary/aromatic N) is 5. The lowest BCUT2D eigenvalue weighted by molar-refractivity contribution is -0.139. The van der Waals surface area contributed by atoms with E-state index in [1.165, 1.54) is 6.92 Å². The van der Waals surface area contributed by atoms with Crippen molar-refractivity contribution in [3.63, 3.8) is 0 Å². The highest BCUT2D eigenvalue weighted by Gasteiger charge is 2.57. The summed E-state index contributed by atoms with van der Waals surface area (Å²) in [6.45, 7) is 5.47. The molecule has 1 saturated heterocycles. The van der Waals surface area contributed by atoms with Crippen LogP contribution in [-0.2, 0) is 22.7 Å². The number of fused-ring (bicyclic) bond motifs is 2. The van der Waals surface area contributed by atoms with Crippen LogP contribution in [0.1, 0.15) is 61.4 Å². The normalized spacial score (nSPS) is 25.0. The van der Waals surface area contributed by atoms with E-state index >= 15 is 0 Å². The highest BCUT2D eigenvalue weighted by Crippen LogP contribution is 2.58. The number of alkyl halides is 2. The Balaban J connectivity index is 1.21. The molecule has 0 unspecified atom stereocenters. The number of Topliss-reactive ketones (excluding diaryl/α,β-unsaturated/α-hetero) is 2. The summed E-state index contributed by atoms with van der Waals surface area (Å²) in [6, 6.07) is 5.04. The molecule has 2 aliphatic carbocycles. The van der Waals surface area contributed by atoms with E-state index in [2.05, 4.69) is 15.1 Å². The first-order valence-corrected chi connectivity index (χ1v) is 14.4. The number of carbonyl (C=O) groups excluding carboxylic acids is 3. The van der Waals surface area contributed by atoms with E-state index in [1.807, 2.05) is 19.9 Å². The van der Waals surface area contributed by atoms with Gasteiger partial charge >= 0.3 is 0 Å². The first-order valence-electron chi connectivity index (χ1n) is 13.7. The number of aryl methyl sites for hydroxylation is 1. The maximum atomic E-state index is 13.7. The van der Waals surface area contributed by atoms with E-state index < -0.39 is 10.4 Å². The van der Waals surface area contributed by atoms with Gasteiger partial charge in [0.2, 0.25) is 5.91 Å². The molecule has 3 heterocycles.